The van der Waals surface area contributed by atoms with Crippen LogP contribution in [0.15, 0.2) is 42.5 Å². The zero-order valence-electron chi connectivity index (χ0n) is 15.1. The molecule has 0 saturated carbocycles. The number of hydrogen-bond donors (Lipinski definition) is 1. The number of methoxy groups -OCH3 is 1. The lowest BCUT2D eigenvalue weighted by molar-refractivity contribution is -0.125. The SMILES string of the molecule is COc1ccc(NC(=O)C2(c3cccc(C)c3)CCOCC2)cc1C. The van der Waals surface area contributed by atoms with Crippen molar-refractivity contribution in [1.82, 2.24) is 0 Å². The van der Waals surface area contributed by atoms with Crippen LogP contribution in [0.3, 0.4) is 0 Å². The summed E-state index contributed by atoms with van der Waals surface area (Å²) < 4.78 is 10.8. The van der Waals surface area contributed by atoms with Crippen LogP contribution in [0.5, 0.6) is 5.75 Å². The van der Waals surface area contributed by atoms with Gasteiger partial charge in [-0.05, 0) is 56.0 Å². The van der Waals surface area contributed by atoms with Crippen LogP contribution in [0.2, 0.25) is 0 Å². The molecule has 0 aliphatic carbocycles. The molecule has 0 atom stereocenters. The number of amides is 1. The van der Waals surface area contributed by atoms with Crippen LogP contribution >= 0.6 is 0 Å². The van der Waals surface area contributed by atoms with E-state index in [1.165, 1.54) is 0 Å². The Balaban J connectivity index is 1.91. The Labute approximate surface area is 149 Å². The van der Waals surface area contributed by atoms with Gasteiger partial charge in [0, 0.05) is 18.9 Å². The number of carbonyl (C=O) groups is 1. The second-order valence-electron chi connectivity index (χ2n) is 6.70. The topological polar surface area (TPSA) is 47.6 Å². The maximum atomic E-state index is 13.3. The highest BCUT2D eigenvalue weighted by atomic mass is 16.5. The zero-order chi connectivity index (χ0) is 17.9. The fourth-order valence-corrected chi connectivity index (χ4v) is 3.52. The van der Waals surface area contributed by atoms with E-state index < -0.39 is 5.41 Å². The van der Waals surface area contributed by atoms with E-state index in [4.69, 9.17) is 9.47 Å². The molecule has 1 aliphatic heterocycles. The van der Waals surface area contributed by atoms with E-state index in [0.29, 0.717) is 26.1 Å². The molecule has 0 bridgehead atoms. The molecule has 1 amide bonds. The molecule has 132 valence electrons. The molecule has 4 heteroatoms. The number of rotatable bonds is 4. The third-order valence-corrected chi connectivity index (χ3v) is 5.00. The van der Waals surface area contributed by atoms with Crippen LogP contribution in [0.4, 0.5) is 5.69 Å². The predicted molar refractivity (Wildman–Crippen MR) is 99.3 cm³/mol. The summed E-state index contributed by atoms with van der Waals surface area (Å²) in [6.45, 7) is 5.23. The van der Waals surface area contributed by atoms with Crippen molar-refractivity contribution in [2.45, 2.75) is 32.1 Å². The summed E-state index contributed by atoms with van der Waals surface area (Å²) in [5.41, 5.74) is 3.48. The summed E-state index contributed by atoms with van der Waals surface area (Å²) in [4.78, 5) is 13.3. The molecule has 0 spiro atoms. The quantitative estimate of drug-likeness (QED) is 0.916. The number of carbonyl (C=O) groups excluding carboxylic acids is 1. The molecule has 3 rings (SSSR count). The monoisotopic (exact) mass is 339 g/mol. The van der Waals surface area contributed by atoms with Gasteiger partial charge in [0.1, 0.15) is 5.75 Å². The molecular weight excluding hydrogens is 314 g/mol. The summed E-state index contributed by atoms with van der Waals surface area (Å²) in [6.07, 6.45) is 1.38. The van der Waals surface area contributed by atoms with Crippen LogP contribution < -0.4 is 10.1 Å². The normalized spacial score (nSPS) is 16.3. The van der Waals surface area contributed by atoms with Crippen molar-refractivity contribution in [3.63, 3.8) is 0 Å². The number of nitrogens with one attached hydrogen (secondary N) is 1. The Morgan fingerprint density at radius 1 is 1.12 bits per heavy atom. The largest absolute Gasteiger partial charge is 0.496 e. The lowest BCUT2D eigenvalue weighted by Gasteiger charge is -2.36. The third kappa shape index (κ3) is 3.54. The first-order valence-corrected chi connectivity index (χ1v) is 8.66. The first-order valence-electron chi connectivity index (χ1n) is 8.66. The fourth-order valence-electron chi connectivity index (χ4n) is 3.52. The van der Waals surface area contributed by atoms with Crippen LogP contribution in [0.25, 0.3) is 0 Å². The van der Waals surface area contributed by atoms with Gasteiger partial charge in [-0.25, -0.2) is 0 Å². The van der Waals surface area contributed by atoms with Crippen molar-refractivity contribution in [2.75, 3.05) is 25.6 Å². The van der Waals surface area contributed by atoms with Crippen molar-refractivity contribution < 1.29 is 14.3 Å². The van der Waals surface area contributed by atoms with Gasteiger partial charge >= 0.3 is 0 Å². The van der Waals surface area contributed by atoms with E-state index in [1.54, 1.807) is 7.11 Å². The summed E-state index contributed by atoms with van der Waals surface area (Å²) >= 11 is 0. The highest BCUT2D eigenvalue weighted by Gasteiger charge is 2.41. The molecular formula is C21H25NO3. The molecule has 0 radical (unpaired) electrons. The Hall–Kier alpha value is -2.33. The van der Waals surface area contributed by atoms with Crippen molar-refractivity contribution >= 4 is 11.6 Å². The van der Waals surface area contributed by atoms with E-state index in [2.05, 4.69) is 30.4 Å². The number of benzene rings is 2. The molecule has 1 N–H and O–H groups in total. The first-order chi connectivity index (χ1) is 12.0. The number of ether oxygens (including phenoxy) is 2. The smallest absolute Gasteiger partial charge is 0.235 e. The first kappa shape index (κ1) is 17.5. The van der Waals surface area contributed by atoms with Gasteiger partial charge in [-0.2, -0.15) is 0 Å². The molecule has 4 nitrogen and oxygen atoms in total. The fraction of sp³-hybridized carbons (Fsp3) is 0.381. The second kappa shape index (κ2) is 7.28. The maximum absolute atomic E-state index is 13.3. The Kier molecular flexibility index (Phi) is 5.09. The van der Waals surface area contributed by atoms with Gasteiger partial charge in [0.2, 0.25) is 5.91 Å². The minimum Gasteiger partial charge on any atom is -0.496 e. The van der Waals surface area contributed by atoms with Gasteiger partial charge in [-0.1, -0.05) is 29.8 Å². The average Bonchev–Trinajstić information content (AvgIpc) is 2.62. The lowest BCUT2D eigenvalue weighted by atomic mass is 9.73. The van der Waals surface area contributed by atoms with Crippen LogP contribution in [0.1, 0.15) is 29.5 Å². The third-order valence-electron chi connectivity index (χ3n) is 5.00. The van der Waals surface area contributed by atoms with Crippen molar-refractivity contribution in [3.05, 3.63) is 59.2 Å². The summed E-state index contributed by atoms with van der Waals surface area (Å²) in [5, 5.41) is 3.11. The molecule has 25 heavy (non-hydrogen) atoms. The van der Waals surface area contributed by atoms with Gasteiger partial charge in [0.15, 0.2) is 0 Å². The Morgan fingerprint density at radius 3 is 2.52 bits per heavy atom. The van der Waals surface area contributed by atoms with E-state index in [0.717, 1.165) is 28.1 Å². The van der Waals surface area contributed by atoms with Gasteiger partial charge in [-0.15, -0.1) is 0 Å². The summed E-state index contributed by atoms with van der Waals surface area (Å²) in [5.74, 6) is 0.850. The molecule has 1 aliphatic rings. The summed E-state index contributed by atoms with van der Waals surface area (Å²) in [7, 11) is 1.65. The average molecular weight is 339 g/mol. The molecule has 2 aromatic carbocycles. The van der Waals surface area contributed by atoms with Crippen LogP contribution in [-0.2, 0) is 14.9 Å². The van der Waals surface area contributed by atoms with E-state index >= 15 is 0 Å². The number of aryl methyl sites for hydroxylation is 2. The van der Waals surface area contributed by atoms with Gasteiger partial charge < -0.3 is 14.8 Å². The minimum atomic E-state index is -0.544. The molecule has 1 saturated heterocycles. The molecule has 0 unspecified atom stereocenters. The Bertz CT molecular complexity index is 763. The molecule has 1 heterocycles. The van der Waals surface area contributed by atoms with E-state index in [9.17, 15) is 4.79 Å². The van der Waals surface area contributed by atoms with Crippen molar-refractivity contribution in [1.29, 1.82) is 0 Å². The van der Waals surface area contributed by atoms with Gasteiger partial charge in [0.05, 0.1) is 12.5 Å². The zero-order valence-corrected chi connectivity index (χ0v) is 15.1. The minimum absolute atomic E-state index is 0.0333. The lowest BCUT2D eigenvalue weighted by Crippen LogP contribution is -2.44. The van der Waals surface area contributed by atoms with Crippen LogP contribution in [-0.4, -0.2) is 26.2 Å². The summed E-state index contributed by atoms with van der Waals surface area (Å²) in [6, 6.07) is 14.0. The molecule has 1 fully saturated rings. The highest BCUT2D eigenvalue weighted by Crippen LogP contribution is 2.37. The Morgan fingerprint density at radius 2 is 1.88 bits per heavy atom. The van der Waals surface area contributed by atoms with Crippen molar-refractivity contribution in [3.8, 4) is 5.75 Å². The van der Waals surface area contributed by atoms with Gasteiger partial charge in [0.25, 0.3) is 0 Å². The van der Waals surface area contributed by atoms with E-state index in [-0.39, 0.29) is 5.91 Å². The number of anilines is 1. The maximum Gasteiger partial charge on any atom is 0.235 e. The highest BCUT2D eigenvalue weighted by molar-refractivity contribution is 5.99. The van der Waals surface area contributed by atoms with Crippen molar-refractivity contribution in [2.24, 2.45) is 0 Å². The van der Waals surface area contributed by atoms with E-state index in [1.807, 2.05) is 31.2 Å². The van der Waals surface area contributed by atoms with Gasteiger partial charge in [-0.3, -0.25) is 4.79 Å². The standard InChI is InChI=1S/C21H25NO3/c1-15-5-4-6-17(13-15)21(9-11-25-12-10-21)20(23)22-18-7-8-19(24-3)16(2)14-18/h4-8,13-14H,9-12H2,1-3H3,(H,22,23). The predicted octanol–water partition coefficient (Wildman–Crippen LogP) is 4.00. The molecule has 2 aromatic rings. The van der Waals surface area contributed by atoms with Crippen LogP contribution in [0, 0.1) is 13.8 Å². The molecule has 0 aromatic heterocycles. The number of hydrogen-bond acceptors (Lipinski definition) is 3. The second-order valence-corrected chi connectivity index (χ2v) is 6.70.